The van der Waals surface area contributed by atoms with E-state index >= 15 is 0 Å². The van der Waals surface area contributed by atoms with Crippen LogP contribution in [-0.2, 0) is 0 Å². The first-order chi connectivity index (χ1) is 8.70. The van der Waals surface area contributed by atoms with Crippen LogP contribution in [-0.4, -0.2) is 0 Å². The van der Waals surface area contributed by atoms with E-state index in [9.17, 15) is 4.39 Å². The third-order valence-corrected chi connectivity index (χ3v) is 3.07. The molecule has 0 spiro atoms. The molecule has 0 heterocycles. The van der Waals surface area contributed by atoms with E-state index in [0.717, 1.165) is 31.6 Å². The van der Waals surface area contributed by atoms with E-state index in [4.69, 9.17) is 0 Å². The van der Waals surface area contributed by atoms with Crippen LogP contribution in [0.2, 0.25) is 0 Å². The highest BCUT2D eigenvalue weighted by Crippen LogP contribution is 2.19. The monoisotopic (exact) mass is 252 g/mol. The van der Waals surface area contributed by atoms with Crippen LogP contribution in [0.1, 0.15) is 58.8 Å². The molecule has 0 aromatic rings. The summed E-state index contributed by atoms with van der Waals surface area (Å²) in [5, 5.41) is 0. The van der Waals surface area contributed by atoms with Gasteiger partial charge in [0.2, 0.25) is 0 Å². The predicted molar refractivity (Wildman–Crippen MR) is 80.2 cm³/mol. The van der Waals surface area contributed by atoms with Gasteiger partial charge in [-0.1, -0.05) is 44.6 Å². The first-order valence-corrected chi connectivity index (χ1v) is 7.21. The second-order valence-electron chi connectivity index (χ2n) is 5.37. The molecule has 0 aromatic carbocycles. The van der Waals surface area contributed by atoms with Gasteiger partial charge in [-0.25, -0.2) is 4.39 Å². The van der Waals surface area contributed by atoms with Crippen LogP contribution in [0.15, 0.2) is 37.2 Å². The van der Waals surface area contributed by atoms with Crippen molar-refractivity contribution in [1.29, 1.82) is 0 Å². The Hall–Kier alpha value is -0.850. The molecule has 18 heavy (non-hydrogen) atoms. The molecule has 0 amide bonds. The number of hydrogen-bond acceptors (Lipinski definition) is 0. The second kappa shape index (κ2) is 12.6. The van der Waals surface area contributed by atoms with Gasteiger partial charge >= 0.3 is 0 Å². The Balaban J connectivity index is 3.77. The average Bonchev–Trinajstić information content (AvgIpc) is 2.33. The highest BCUT2D eigenvalue weighted by molar-refractivity contribution is 4.87. The van der Waals surface area contributed by atoms with Crippen LogP contribution in [0.4, 0.5) is 4.39 Å². The fourth-order valence-electron chi connectivity index (χ4n) is 1.98. The van der Waals surface area contributed by atoms with Crippen molar-refractivity contribution in [3.63, 3.8) is 0 Å². The smallest absolute Gasteiger partial charge is 0.0827 e. The molecule has 0 bridgehead atoms. The minimum atomic E-state index is 0.649. The third-order valence-electron chi connectivity index (χ3n) is 3.07. The fraction of sp³-hybridized carbons (Fsp3) is 0.647. The van der Waals surface area contributed by atoms with E-state index in [1.54, 1.807) is 6.08 Å². The summed E-state index contributed by atoms with van der Waals surface area (Å²) in [5.74, 6) is 1.45. The lowest BCUT2D eigenvalue weighted by molar-refractivity contribution is 0.469. The molecule has 0 aliphatic rings. The average molecular weight is 252 g/mol. The highest BCUT2D eigenvalue weighted by Gasteiger charge is 2.04. The summed E-state index contributed by atoms with van der Waals surface area (Å²) in [4.78, 5) is 0. The molecular weight excluding hydrogens is 223 g/mol. The minimum Gasteiger partial charge on any atom is -0.216 e. The van der Waals surface area contributed by atoms with E-state index in [0.29, 0.717) is 12.2 Å². The number of rotatable bonds is 11. The first-order valence-electron chi connectivity index (χ1n) is 7.21. The molecular formula is C17H29F. The Morgan fingerprint density at radius 2 is 1.72 bits per heavy atom. The summed E-state index contributed by atoms with van der Waals surface area (Å²) in [6.45, 7) is 8.31. The maximum absolute atomic E-state index is 11.8. The molecule has 0 rings (SSSR count). The van der Waals surface area contributed by atoms with Gasteiger partial charge in [0.15, 0.2) is 0 Å². The maximum Gasteiger partial charge on any atom is 0.0827 e. The summed E-state index contributed by atoms with van der Waals surface area (Å²) in [5.41, 5.74) is 0. The molecule has 0 saturated carbocycles. The zero-order valence-electron chi connectivity index (χ0n) is 12.1. The van der Waals surface area contributed by atoms with Gasteiger partial charge in [-0.15, -0.1) is 6.58 Å². The second-order valence-corrected chi connectivity index (χ2v) is 5.37. The number of halogens is 1. The zero-order chi connectivity index (χ0) is 13.6. The molecule has 1 atom stereocenters. The number of allylic oxidation sites excluding steroid dienone is 4. The zero-order valence-corrected chi connectivity index (χ0v) is 12.1. The fourth-order valence-corrected chi connectivity index (χ4v) is 1.98. The van der Waals surface area contributed by atoms with Crippen molar-refractivity contribution < 1.29 is 4.39 Å². The van der Waals surface area contributed by atoms with Gasteiger partial charge in [-0.3, -0.25) is 0 Å². The van der Waals surface area contributed by atoms with Crippen LogP contribution in [0.3, 0.4) is 0 Å². The van der Waals surface area contributed by atoms with Gasteiger partial charge in [-0.2, -0.15) is 0 Å². The van der Waals surface area contributed by atoms with E-state index in [-0.39, 0.29) is 0 Å². The first kappa shape index (κ1) is 17.2. The van der Waals surface area contributed by atoms with Gasteiger partial charge in [0.25, 0.3) is 0 Å². The Morgan fingerprint density at radius 1 is 1.00 bits per heavy atom. The summed E-state index contributed by atoms with van der Waals surface area (Å²) in [7, 11) is 0. The van der Waals surface area contributed by atoms with E-state index in [1.807, 2.05) is 6.08 Å². The molecule has 0 aromatic heterocycles. The van der Waals surface area contributed by atoms with Crippen LogP contribution in [0, 0.1) is 11.8 Å². The van der Waals surface area contributed by atoms with E-state index in [1.165, 1.54) is 19.3 Å². The van der Waals surface area contributed by atoms with E-state index in [2.05, 4.69) is 32.6 Å². The number of hydrogen-bond donors (Lipinski definition) is 0. The normalized spacial score (nSPS) is 13.8. The van der Waals surface area contributed by atoms with Crippen LogP contribution >= 0.6 is 0 Å². The van der Waals surface area contributed by atoms with Gasteiger partial charge in [0.1, 0.15) is 0 Å². The molecule has 0 radical (unpaired) electrons. The topological polar surface area (TPSA) is 0 Å². The minimum absolute atomic E-state index is 0.649. The lowest BCUT2D eigenvalue weighted by atomic mass is 9.94. The quantitative estimate of drug-likeness (QED) is 0.303. The predicted octanol–water partition coefficient (Wildman–Crippen LogP) is 6.21. The lowest BCUT2D eigenvalue weighted by Crippen LogP contribution is -1.97. The third kappa shape index (κ3) is 11.6. The maximum atomic E-state index is 11.8. The van der Waals surface area contributed by atoms with Gasteiger partial charge in [0.05, 0.1) is 6.33 Å². The number of unbranched alkanes of at least 4 members (excludes halogenated alkanes) is 2. The standard InChI is InChI=1S/C17H29F/c1-4-11-17(13-7-5-6-10-15-18)14-9-8-12-16(2)3/h4,8-10,15-17H,1,5-7,11-14H2,2-3H3/b9-8-,15-10-. The molecule has 0 fully saturated rings. The van der Waals surface area contributed by atoms with Crippen molar-refractivity contribution in [2.24, 2.45) is 11.8 Å². The molecule has 1 heteroatoms. The highest BCUT2D eigenvalue weighted by atomic mass is 19.1. The summed E-state index contributed by atoms with van der Waals surface area (Å²) in [6, 6.07) is 0. The molecule has 1 unspecified atom stereocenters. The van der Waals surface area contributed by atoms with Crippen LogP contribution in [0.5, 0.6) is 0 Å². The van der Waals surface area contributed by atoms with Gasteiger partial charge in [0, 0.05) is 0 Å². The molecule has 0 aliphatic carbocycles. The molecule has 0 N–H and O–H groups in total. The lowest BCUT2D eigenvalue weighted by Gasteiger charge is -2.12. The van der Waals surface area contributed by atoms with E-state index < -0.39 is 0 Å². The van der Waals surface area contributed by atoms with Crippen molar-refractivity contribution in [3.05, 3.63) is 37.2 Å². The molecule has 104 valence electrons. The van der Waals surface area contributed by atoms with Crippen molar-refractivity contribution >= 4 is 0 Å². The molecule has 0 aliphatic heterocycles. The largest absolute Gasteiger partial charge is 0.216 e. The summed E-state index contributed by atoms with van der Waals surface area (Å²) < 4.78 is 11.8. The SMILES string of the molecule is C=CCC(C/C=C\CC(C)C)CCCC/C=C\F. The molecule has 0 saturated heterocycles. The summed E-state index contributed by atoms with van der Waals surface area (Å²) >= 11 is 0. The van der Waals surface area contributed by atoms with Crippen LogP contribution < -0.4 is 0 Å². The molecule has 0 nitrogen and oxygen atoms in total. The van der Waals surface area contributed by atoms with Gasteiger partial charge < -0.3 is 0 Å². The Morgan fingerprint density at radius 3 is 2.33 bits per heavy atom. The van der Waals surface area contributed by atoms with Crippen molar-refractivity contribution in [1.82, 2.24) is 0 Å². The summed E-state index contributed by atoms with van der Waals surface area (Å²) in [6.07, 6.45) is 16.6. The van der Waals surface area contributed by atoms with Crippen molar-refractivity contribution in [2.45, 2.75) is 58.8 Å². The Labute approximate surface area is 113 Å². The van der Waals surface area contributed by atoms with Crippen molar-refractivity contribution in [3.8, 4) is 0 Å². The van der Waals surface area contributed by atoms with Gasteiger partial charge in [-0.05, 0) is 50.4 Å². The van der Waals surface area contributed by atoms with Crippen molar-refractivity contribution in [2.75, 3.05) is 0 Å². The van der Waals surface area contributed by atoms with Crippen LogP contribution in [0.25, 0.3) is 0 Å². The Bertz CT molecular complexity index is 238. The Kier molecular flexibility index (Phi) is 12.0.